The zero-order chi connectivity index (χ0) is 13.7. The van der Waals surface area contributed by atoms with Crippen molar-refractivity contribution >= 4 is 5.78 Å². The maximum atomic E-state index is 11.9. The molecule has 0 saturated heterocycles. The van der Waals surface area contributed by atoms with Gasteiger partial charge in [0.2, 0.25) is 0 Å². The maximum absolute atomic E-state index is 11.9. The first-order chi connectivity index (χ1) is 8.99. The molecule has 108 valence electrons. The molecule has 0 spiro atoms. The lowest BCUT2D eigenvalue weighted by atomic mass is 9.44. The average molecular weight is 264 g/mol. The molecule has 3 aliphatic rings. The van der Waals surface area contributed by atoms with Crippen molar-refractivity contribution in [3.8, 4) is 0 Å². The van der Waals surface area contributed by atoms with E-state index in [1.165, 1.54) is 25.7 Å². The van der Waals surface area contributed by atoms with Crippen LogP contribution < -0.4 is 0 Å². The predicted octanol–water partition coefficient (Wildman–Crippen LogP) is 3.57. The number of carbonyl (C=O) groups is 1. The largest absolute Gasteiger partial charge is 0.396 e. The van der Waals surface area contributed by atoms with E-state index in [-0.39, 0.29) is 5.41 Å². The summed E-state index contributed by atoms with van der Waals surface area (Å²) in [6, 6.07) is 0. The fourth-order valence-electron chi connectivity index (χ4n) is 5.89. The minimum absolute atomic E-state index is 0.0957. The molecular formula is C17H28O2. The molecule has 0 aromatic rings. The Balaban J connectivity index is 1.92. The molecule has 3 fully saturated rings. The molecule has 5 atom stereocenters. The highest BCUT2D eigenvalue weighted by molar-refractivity contribution is 5.79. The number of hydrogen-bond acceptors (Lipinski definition) is 2. The van der Waals surface area contributed by atoms with E-state index >= 15 is 0 Å². The van der Waals surface area contributed by atoms with Crippen molar-refractivity contribution in [1.82, 2.24) is 0 Å². The van der Waals surface area contributed by atoms with E-state index in [0.717, 1.165) is 31.6 Å². The molecule has 0 heterocycles. The Kier molecular flexibility index (Phi) is 3.28. The van der Waals surface area contributed by atoms with Crippen molar-refractivity contribution in [2.45, 2.75) is 65.2 Å². The minimum atomic E-state index is 0.0957. The third kappa shape index (κ3) is 1.98. The molecule has 3 saturated carbocycles. The molecule has 1 N–H and O–H groups in total. The monoisotopic (exact) mass is 264 g/mol. The van der Waals surface area contributed by atoms with Gasteiger partial charge >= 0.3 is 0 Å². The van der Waals surface area contributed by atoms with Crippen LogP contribution in [0, 0.1) is 28.6 Å². The number of aliphatic hydroxyl groups excluding tert-OH is 1. The fourth-order valence-corrected chi connectivity index (χ4v) is 5.89. The molecule has 0 amide bonds. The van der Waals surface area contributed by atoms with Gasteiger partial charge in [-0.2, -0.15) is 0 Å². The molecule has 3 aliphatic carbocycles. The van der Waals surface area contributed by atoms with Crippen LogP contribution in [0.25, 0.3) is 0 Å². The van der Waals surface area contributed by atoms with E-state index in [1.54, 1.807) is 0 Å². The van der Waals surface area contributed by atoms with Gasteiger partial charge < -0.3 is 5.11 Å². The second-order valence-corrected chi connectivity index (χ2v) is 7.95. The van der Waals surface area contributed by atoms with E-state index in [4.69, 9.17) is 0 Å². The third-order valence-electron chi connectivity index (χ3n) is 6.95. The van der Waals surface area contributed by atoms with Crippen LogP contribution in [0.15, 0.2) is 0 Å². The summed E-state index contributed by atoms with van der Waals surface area (Å²) in [6.07, 6.45) is 8.97. The van der Waals surface area contributed by atoms with Crippen LogP contribution in [0.2, 0.25) is 0 Å². The number of Topliss-reactive ketones (excluding diaryl/α,β-unsaturated/α-hetero) is 1. The van der Waals surface area contributed by atoms with Gasteiger partial charge in [0.05, 0.1) is 0 Å². The van der Waals surface area contributed by atoms with Crippen molar-refractivity contribution < 1.29 is 9.90 Å². The van der Waals surface area contributed by atoms with Gasteiger partial charge in [-0.1, -0.05) is 20.3 Å². The Morgan fingerprint density at radius 3 is 2.74 bits per heavy atom. The van der Waals surface area contributed by atoms with E-state index in [0.29, 0.717) is 29.6 Å². The smallest absolute Gasteiger partial charge is 0.133 e. The summed E-state index contributed by atoms with van der Waals surface area (Å²) < 4.78 is 0. The highest BCUT2D eigenvalue weighted by atomic mass is 16.3. The molecular weight excluding hydrogens is 236 g/mol. The van der Waals surface area contributed by atoms with Crippen molar-refractivity contribution in [3.05, 3.63) is 0 Å². The zero-order valence-electron chi connectivity index (χ0n) is 12.5. The van der Waals surface area contributed by atoms with Gasteiger partial charge in [0, 0.05) is 19.4 Å². The van der Waals surface area contributed by atoms with Gasteiger partial charge in [-0.15, -0.1) is 0 Å². The SMILES string of the molecule is C[C@]1(CO)CCC[C@]2(C)[C@H]3CC(=O)CC[C@@H]3CC[C@@H]12. The Morgan fingerprint density at radius 2 is 2.00 bits per heavy atom. The second kappa shape index (κ2) is 4.58. The lowest BCUT2D eigenvalue weighted by Gasteiger charge is -2.60. The molecule has 0 aromatic carbocycles. The van der Waals surface area contributed by atoms with Crippen molar-refractivity contribution in [3.63, 3.8) is 0 Å². The van der Waals surface area contributed by atoms with Crippen LogP contribution in [-0.4, -0.2) is 17.5 Å². The molecule has 0 aliphatic heterocycles. The standard InChI is InChI=1S/C17H28O2/c1-16(11-18)8-3-9-17(2)14-10-13(19)6-4-12(14)5-7-15(16)17/h12,14-15,18H,3-11H2,1-2H3/t12-,14+,15+,16-,17-/m1/s1. The summed E-state index contributed by atoms with van der Waals surface area (Å²) in [6.45, 7) is 5.03. The highest BCUT2D eigenvalue weighted by Gasteiger charge is 2.56. The quantitative estimate of drug-likeness (QED) is 0.786. The molecule has 0 unspecified atom stereocenters. The van der Waals surface area contributed by atoms with Gasteiger partial charge in [0.25, 0.3) is 0 Å². The highest BCUT2D eigenvalue weighted by Crippen LogP contribution is 2.63. The number of hydrogen-bond donors (Lipinski definition) is 1. The van der Waals surface area contributed by atoms with E-state index in [9.17, 15) is 9.90 Å². The Morgan fingerprint density at radius 1 is 1.21 bits per heavy atom. The van der Waals surface area contributed by atoms with Gasteiger partial charge in [-0.05, 0) is 60.7 Å². The summed E-state index contributed by atoms with van der Waals surface area (Å²) in [5.41, 5.74) is 0.396. The Hall–Kier alpha value is -0.370. The van der Waals surface area contributed by atoms with E-state index in [2.05, 4.69) is 13.8 Å². The number of aliphatic hydroxyl groups is 1. The summed E-state index contributed by atoms with van der Waals surface area (Å²) in [5.74, 6) is 2.48. The first kappa shape index (κ1) is 13.6. The molecule has 3 rings (SSSR count). The van der Waals surface area contributed by atoms with Gasteiger partial charge in [-0.3, -0.25) is 4.79 Å². The average Bonchev–Trinajstić information content (AvgIpc) is 2.39. The summed E-state index contributed by atoms with van der Waals surface area (Å²) in [7, 11) is 0. The fraction of sp³-hybridized carbons (Fsp3) is 0.941. The van der Waals surface area contributed by atoms with Crippen LogP contribution in [-0.2, 0) is 4.79 Å². The molecule has 2 heteroatoms. The van der Waals surface area contributed by atoms with Crippen LogP contribution >= 0.6 is 0 Å². The number of carbonyl (C=O) groups excluding carboxylic acids is 1. The summed E-state index contributed by atoms with van der Waals surface area (Å²) in [4.78, 5) is 11.9. The van der Waals surface area contributed by atoms with E-state index < -0.39 is 0 Å². The van der Waals surface area contributed by atoms with Crippen LogP contribution in [0.1, 0.15) is 65.2 Å². The third-order valence-corrected chi connectivity index (χ3v) is 6.95. The molecule has 2 nitrogen and oxygen atoms in total. The predicted molar refractivity (Wildman–Crippen MR) is 75.7 cm³/mol. The van der Waals surface area contributed by atoms with Gasteiger partial charge in [0.15, 0.2) is 0 Å². The van der Waals surface area contributed by atoms with Crippen LogP contribution in [0.5, 0.6) is 0 Å². The minimum Gasteiger partial charge on any atom is -0.396 e. The molecule has 0 bridgehead atoms. The lowest BCUT2D eigenvalue weighted by molar-refractivity contribution is -0.145. The lowest BCUT2D eigenvalue weighted by Crippen LogP contribution is -2.54. The molecule has 19 heavy (non-hydrogen) atoms. The first-order valence-electron chi connectivity index (χ1n) is 8.12. The van der Waals surface area contributed by atoms with Crippen molar-refractivity contribution in [2.24, 2.45) is 28.6 Å². The summed E-state index contributed by atoms with van der Waals surface area (Å²) >= 11 is 0. The zero-order valence-corrected chi connectivity index (χ0v) is 12.5. The topological polar surface area (TPSA) is 37.3 Å². The van der Waals surface area contributed by atoms with Crippen molar-refractivity contribution in [2.75, 3.05) is 6.61 Å². The van der Waals surface area contributed by atoms with Gasteiger partial charge in [0.1, 0.15) is 5.78 Å². The number of ketones is 1. The first-order valence-corrected chi connectivity index (χ1v) is 8.12. The van der Waals surface area contributed by atoms with Crippen LogP contribution in [0.4, 0.5) is 0 Å². The molecule has 0 aromatic heterocycles. The van der Waals surface area contributed by atoms with Gasteiger partial charge in [-0.25, -0.2) is 0 Å². The Labute approximate surface area is 117 Å². The number of fused-ring (bicyclic) bond motifs is 3. The Bertz CT molecular complexity index is 377. The van der Waals surface area contributed by atoms with Crippen molar-refractivity contribution in [1.29, 1.82) is 0 Å². The normalized spacial score (nSPS) is 50.5. The number of rotatable bonds is 1. The van der Waals surface area contributed by atoms with E-state index in [1.807, 2.05) is 0 Å². The second-order valence-electron chi connectivity index (χ2n) is 7.95. The molecule has 0 radical (unpaired) electrons. The maximum Gasteiger partial charge on any atom is 0.133 e. The van der Waals surface area contributed by atoms with Crippen LogP contribution in [0.3, 0.4) is 0 Å². The summed E-state index contributed by atoms with van der Waals surface area (Å²) in [5, 5.41) is 9.88.